The molecule has 142 valence electrons. The van der Waals surface area contributed by atoms with Gasteiger partial charge in [-0.15, -0.1) is 0 Å². The maximum atomic E-state index is 9.68. The van der Waals surface area contributed by atoms with Gasteiger partial charge in [0.2, 0.25) is 0 Å². The molecule has 4 nitrogen and oxygen atoms in total. The number of ether oxygens (including phenoxy) is 2. The van der Waals surface area contributed by atoms with E-state index < -0.39 is 0 Å². The molecule has 0 saturated heterocycles. The molecule has 0 aliphatic heterocycles. The molecule has 0 amide bonds. The smallest absolute Gasteiger partial charge is 0.161 e. The summed E-state index contributed by atoms with van der Waals surface area (Å²) in [5, 5.41) is 19.4. The molecule has 0 aromatic heterocycles. The van der Waals surface area contributed by atoms with Crippen LogP contribution in [0, 0.1) is 0 Å². The number of phenols is 2. The van der Waals surface area contributed by atoms with Crippen LogP contribution in [0.25, 0.3) is 24.3 Å². The van der Waals surface area contributed by atoms with Crippen LogP contribution in [0.1, 0.15) is 22.3 Å². The molecule has 3 aromatic rings. The third-order valence-electron chi connectivity index (χ3n) is 4.25. The van der Waals surface area contributed by atoms with Gasteiger partial charge in [-0.05, 0) is 52.6 Å². The molecular weight excluding hydrogens is 352 g/mol. The van der Waals surface area contributed by atoms with E-state index in [9.17, 15) is 10.2 Å². The molecule has 4 heteroatoms. The van der Waals surface area contributed by atoms with Crippen LogP contribution in [0.2, 0.25) is 0 Å². The fourth-order valence-electron chi connectivity index (χ4n) is 2.75. The van der Waals surface area contributed by atoms with Gasteiger partial charge < -0.3 is 19.7 Å². The minimum atomic E-state index is 0.123. The maximum absolute atomic E-state index is 9.68. The Morgan fingerprint density at radius 1 is 0.571 bits per heavy atom. The first-order valence-electron chi connectivity index (χ1n) is 8.79. The summed E-state index contributed by atoms with van der Waals surface area (Å²) in [6.45, 7) is 0. The molecule has 0 spiro atoms. The van der Waals surface area contributed by atoms with Crippen LogP contribution < -0.4 is 9.47 Å². The molecule has 0 unspecified atom stereocenters. The summed E-state index contributed by atoms with van der Waals surface area (Å²) in [6.07, 6.45) is 7.95. The van der Waals surface area contributed by atoms with Gasteiger partial charge in [0.15, 0.2) is 23.0 Å². The van der Waals surface area contributed by atoms with Crippen LogP contribution in [-0.2, 0) is 0 Å². The number of benzene rings is 3. The molecule has 0 atom stereocenters. The minimum absolute atomic E-state index is 0.123. The van der Waals surface area contributed by atoms with E-state index in [0.29, 0.717) is 11.5 Å². The normalized spacial score (nSPS) is 11.2. The van der Waals surface area contributed by atoms with Crippen molar-refractivity contribution in [3.05, 3.63) is 82.9 Å². The van der Waals surface area contributed by atoms with Crippen molar-refractivity contribution in [3.8, 4) is 23.0 Å². The van der Waals surface area contributed by atoms with Crippen molar-refractivity contribution in [2.75, 3.05) is 14.2 Å². The molecule has 0 aliphatic carbocycles. The first-order chi connectivity index (χ1) is 13.6. The van der Waals surface area contributed by atoms with E-state index in [4.69, 9.17) is 9.47 Å². The molecule has 0 fully saturated rings. The van der Waals surface area contributed by atoms with E-state index in [-0.39, 0.29) is 11.5 Å². The summed E-state index contributed by atoms with van der Waals surface area (Å²) in [5.41, 5.74) is 3.98. The lowest BCUT2D eigenvalue weighted by Crippen LogP contribution is -1.84. The van der Waals surface area contributed by atoms with Gasteiger partial charge in [-0.1, -0.05) is 54.6 Å². The highest BCUT2D eigenvalue weighted by Crippen LogP contribution is 2.28. The lowest BCUT2D eigenvalue weighted by atomic mass is 10.1. The van der Waals surface area contributed by atoms with Gasteiger partial charge in [0.25, 0.3) is 0 Å². The first-order valence-corrected chi connectivity index (χ1v) is 8.79. The Labute approximate surface area is 164 Å². The zero-order chi connectivity index (χ0) is 19.9. The van der Waals surface area contributed by atoms with Gasteiger partial charge >= 0.3 is 0 Å². The average Bonchev–Trinajstić information content (AvgIpc) is 2.73. The molecule has 2 N–H and O–H groups in total. The van der Waals surface area contributed by atoms with Crippen molar-refractivity contribution in [2.24, 2.45) is 0 Å². The molecule has 28 heavy (non-hydrogen) atoms. The number of aromatic hydroxyl groups is 2. The number of phenolic OH excluding ortho intramolecular Hbond substituents is 2. The molecule has 3 rings (SSSR count). The van der Waals surface area contributed by atoms with Crippen molar-refractivity contribution in [2.45, 2.75) is 0 Å². The van der Waals surface area contributed by atoms with Gasteiger partial charge in [-0.2, -0.15) is 0 Å². The summed E-state index contributed by atoms with van der Waals surface area (Å²) >= 11 is 0. The fraction of sp³-hybridized carbons (Fsp3) is 0.0833. The van der Waals surface area contributed by atoms with E-state index in [1.54, 1.807) is 24.3 Å². The van der Waals surface area contributed by atoms with Crippen LogP contribution in [-0.4, -0.2) is 24.4 Å². The highest BCUT2D eigenvalue weighted by Gasteiger charge is 2.01. The third-order valence-corrected chi connectivity index (χ3v) is 4.25. The van der Waals surface area contributed by atoms with Crippen molar-refractivity contribution >= 4 is 24.3 Å². The molecular formula is C24H22O4. The summed E-state index contributed by atoms with van der Waals surface area (Å²) in [7, 11) is 3.06. The van der Waals surface area contributed by atoms with Crippen molar-refractivity contribution in [3.63, 3.8) is 0 Å². The van der Waals surface area contributed by atoms with Gasteiger partial charge in [0, 0.05) is 0 Å². The minimum Gasteiger partial charge on any atom is -0.504 e. The first kappa shape index (κ1) is 19.1. The fourth-order valence-corrected chi connectivity index (χ4v) is 2.75. The zero-order valence-electron chi connectivity index (χ0n) is 15.8. The Balaban J connectivity index is 1.77. The van der Waals surface area contributed by atoms with Crippen molar-refractivity contribution < 1.29 is 19.7 Å². The number of rotatable bonds is 6. The largest absolute Gasteiger partial charge is 0.504 e. The molecule has 0 saturated carbocycles. The molecule has 0 radical (unpaired) electrons. The lowest BCUT2D eigenvalue weighted by molar-refractivity contribution is 0.373. The van der Waals surface area contributed by atoms with Crippen LogP contribution in [0.4, 0.5) is 0 Å². The highest BCUT2D eigenvalue weighted by molar-refractivity contribution is 5.75. The average molecular weight is 374 g/mol. The standard InChI is InChI=1S/C24H22O4/c1-27-23-15-19(10-12-21(23)25)8-6-17-4-3-5-18(14-17)7-9-20-11-13-22(26)24(16-20)28-2/h3-16,25-26H,1-2H3/b8-6+,9-7+. The van der Waals surface area contributed by atoms with Crippen LogP contribution in [0.3, 0.4) is 0 Å². The Hall–Kier alpha value is -3.66. The summed E-state index contributed by atoms with van der Waals surface area (Å²) in [4.78, 5) is 0. The Morgan fingerprint density at radius 2 is 0.964 bits per heavy atom. The summed E-state index contributed by atoms with van der Waals surface area (Å²) in [6, 6.07) is 18.6. The van der Waals surface area contributed by atoms with Gasteiger partial charge in [-0.3, -0.25) is 0 Å². The van der Waals surface area contributed by atoms with Gasteiger partial charge in [0.05, 0.1) is 14.2 Å². The number of methoxy groups -OCH3 is 2. The maximum Gasteiger partial charge on any atom is 0.161 e. The second-order valence-electron chi connectivity index (χ2n) is 6.20. The predicted octanol–water partition coefficient (Wildman–Crippen LogP) is 5.46. The van der Waals surface area contributed by atoms with Crippen molar-refractivity contribution in [1.82, 2.24) is 0 Å². The third kappa shape index (κ3) is 4.74. The quantitative estimate of drug-likeness (QED) is 0.563. The molecule has 3 aromatic carbocycles. The van der Waals surface area contributed by atoms with E-state index in [1.165, 1.54) is 14.2 Å². The molecule has 0 bridgehead atoms. The van der Waals surface area contributed by atoms with Crippen LogP contribution in [0.5, 0.6) is 23.0 Å². The Morgan fingerprint density at radius 3 is 1.36 bits per heavy atom. The van der Waals surface area contributed by atoms with E-state index in [1.807, 2.05) is 54.6 Å². The lowest BCUT2D eigenvalue weighted by Gasteiger charge is -2.04. The van der Waals surface area contributed by atoms with Crippen LogP contribution >= 0.6 is 0 Å². The number of hydrogen-bond donors (Lipinski definition) is 2. The second-order valence-corrected chi connectivity index (χ2v) is 6.20. The second kappa shape index (κ2) is 8.82. The Bertz CT molecular complexity index is 940. The summed E-state index contributed by atoms with van der Waals surface area (Å²) in [5.74, 6) is 1.14. The Kier molecular flexibility index (Phi) is 6.02. The molecule has 0 aliphatic rings. The summed E-state index contributed by atoms with van der Waals surface area (Å²) < 4.78 is 10.3. The molecule has 0 heterocycles. The predicted molar refractivity (Wildman–Crippen MR) is 114 cm³/mol. The highest BCUT2D eigenvalue weighted by atomic mass is 16.5. The van der Waals surface area contributed by atoms with Gasteiger partial charge in [0.1, 0.15) is 0 Å². The SMILES string of the molecule is COc1cc(/C=C/c2cccc(/C=C/c3ccc(O)c(OC)c3)c2)ccc1O. The number of hydrogen-bond acceptors (Lipinski definition) is 4. The van der Waals surface area contributed by atoms with Crippen molar-refractivity contribution in [1.29, 1.82) is 0 Å². The monoisotopic (exact) mass is 374 g/mol. The van der Waals surface area contributed by atoms with Gasteiger partial charge in [-0.25, -0.2) is 0 Å². The van der Waals surface area contributed by atoms with E-state index in [2.05, 4.69) is 6.07 Å². The van der Waals surface area contributed by atoms with E-state index >= 15 is 0 Å². The van der Waals surface area contributed by atoms with E-state index in [0.717, 1.165) is 22.3 Å². The zero-order valence-corrected chi connectivity index (χ0v) is 15.8. The van der Waals surface area contributed by atoms with Crippen LogP contribution in [0.15, 0.2) is 60.7 Å². The topological polar surface area (TPSA) is 58.9 Å².